The van der Waals surface area contributed by atoms with E-state index in [-0.39, 0.29) is 11.8 Å². The van der Waals surface area contributed by atoms with Crippen LogP contribution in [0.3, 0.4) is 0 Å². The van der Waals surface area contributed by atoms with E-state index in [2.05, 4.69) is 0 Å². The molecule has 0 atom stereocenters. The van der Waals surface area contributed by atoms with E-state index in [1.54, 1.807) is 18.2 Å². The van der Waals surface area contributed by atoms with Gasteiger partial charge >= 0.3 is 0 Å². The fourth-order valence-corrected chi connectivity index (χ4v) is 3.98. The summed E-state index contributed by atoms with van der Waals surface area (Å²) in [6.07, 6.45) is 2.01. The summed E-state index contributed by atoms with van der Waals surface area (Å²) in [5, 5.41) is 0.730. The summed E-state index contributed by atoms with van der Waals surface area (Å²) < 4.78 is 0. The Morgan fingerprint density at radius 2 is 1.56 bits per heavy atom. The number of imide groups is 1. The van der Waals surface area contributed by atoms with Crippen LogP contribution in [0.1, 0.15) is 24.0 Å². The van der Waals surface area contributed by atoms with Crippen LogP contribution in [0.4, 0.5) is 5.69 Å². The summed E-state index contributed by atoms with van der Waals surface area (Å²) in [6, 6.07) is 12.4. The van der Waals surface area contributed by atoms with Crippen LogP contribution in [0, 0.1) is 6.92 Å². The molecule has 6 heteroatoms. The molecule has 2 aliphatic heterocycles. The molecule has 4 rings (SSSR count). The Balaban J connectivity index is 1.86. The van der Waals surface area contributed by atoms with Gasteiger partial charge in [-0.25, -0.2) is 4.90 Å². The molecular weight excluding hydrogens is 383 g/mol. The Morgan fingerprint density at radius 3 is 2.22 bits per heavy atom. The normalized spacial score (nSPS) is 17.4. The SMILES string of the molecule is Cc1ccc(C2=C(N3CCCC3)C(=O)N(c3cc(Cl)ccc3Cl)C2=O)cc1. The average molecular weight is 401 g/mol. The van der Waals surface area contributed by atoms with Crippen molar-refractivity contribution < 1.29 is 9.59 Å². The molecule has 2 amide bonds. The first-order valence-corrected chi connectivity index (χ1v) is 9.63. The fourth-order valence-electron chi connectivity index (χ4n) is 3.61. The third-order valence-electron chi connectivity index (χ3n) is 4.97. The molecule has 0 aromatic heterocycles. The Bertz CT molecular complexity index is 961. The molecule has 2 heterocycles. The second-order valence-electron chi connectivity index (χ2n) is 6.83. The molecule has 0 unspecified atom stereocenters. The van der Waals surface area contributed by atoms with Gasteiger partial charge < -0.3 is 4.90 Å². The lowest BCUT2D eigenvalue weighted by Crippen LogP contribution is -2.34. The second kappa shape index (κ2) is 7.02. The molecule has 27 heavy (non-hydrogen) atoms. The molecule has 0 radical (unpaired) electrons. The third kappa shape index (κ3) is 3.13. The van der Waals surface area contributed by atoms with Crippen LogP contribution in [-0.4, -0.2) is 29.8 Å². The van der Waals surface area contributed by atoms with Crippen molar-refractivity contribution in [3.63, 3.8) is 0 Å². The summed E-state index contributed by atoms with van der Waals surface area (Å²) in [4.78, 5) is 29.8. The highest BCUT2D eigenvalue weighted by atomic mass is 35.5. The zero-order chi connectivity index (χ0) is 19.1. The number of hydrogen-bond acceptors (Lipinski definition) is 3. The molecule has 0 bridgehead atoms. The number of rotatable bonds is 3. The fraction of sp³-hybridized carbons (Fsp3) is 0.238. The molecule has 2 aliphatic rings. The number of likely N-dealkylation sites (tertiary alicyclic amines) is 1. The van der Waals surface area contributed by atoms with Crippen LogP contribution in [0.25, 0.3) is 5.57 Å². The minimum Gasteiger partial charge on any atom is -0.366 e. The number of halogens is 2. The highest BCUT2D eigenvalue weighted by molar-refractivity contribution is 6.47. The van der Waals surface area contributed by atoms with Gasteiger partial charge in [-0.3, -0.25) is 9.59 Å². The molecule has 2 aromatic carbocycles. The van der Waals surface area contributed by atoms with Gasteiger partial charge in [-0.1, -0.05) is 53.0 Å². The number of anilines is 1. The Kier molecular flexibility index (Phi) is 4.70. The van der Waals surface area contributed by atoms with Gasteiger partial charge in [0.2, 0.25) is 0 Å². The van der Waals surface area contributed by atoms with Crippen molar-refractivity contribution >= 4 is 46.3 Å². The number of carbonyl (C=O) groups is 2. The number of amides is 2. The monoisotopic (exact) mass is 400 g/mol. The molecule has 0 N–H and O–H groups in total. The molecule has 2 aromatic rings. The van der Waals surface area contributed by atoms with Gasteiger partial charge in [0.1, 0.15) is 5.70 Å². The maximum atomic E-state index is 13.4. The Hall–Kier alpha value is -2.30. The van der Waals surface area contributed by atoms with Crippen molar-refractivity contribution in [2.24, 2.45) is 0 Å². The minimum absolute atomic E-state index is 0.312. The lowest BCUT2D eigenvalue weighted by Gasteiger charge is -2.21. The van der Waals surface area contributed by atoms with Crippen LogP contribution < -0.4 is 4.90 Å². The van der Waals surface area contributed by atoms with E-state index >= 15 is 0 Å². The maximum Gasteiger partial charge on any atom is 0.282 e. The lowest BCUT2D eigenvalue weighted by molar-refractivity contribution is -0.120. The van der Waals surface area contributed by atoms with Crippen molar-refractivity contribution in [3.05, 3.63) is 69.3 Å². The predicted molar refractivity (Wildman–Crippen MR) is 108 cm³/mol. The summed E-state index contributed by atoms with van der Waals surface area (Å²) in [5.74, 6) is -0.712. The van der Waals surface area contributed by atoms with Gasteiger partial charge in [0, 0.05) is 18.1 Å². The van der Waals surface area contributed by atoms with Gasteiger partial charge in [-0.15, -0.1) is 0 Å². The maximum absolute atomic E-state index is 13.4. The number of aryl methyl sites for hydroxylation is 1. The van der Waals surface area contributed by atoms with E-state index in [0.717, 1.165) is 42.0 Å². The third-order valence-corrected chi connectivity index (χ3v) is 5.53. The van der Waals surface area contributed by atoms with Gasteiger partial charge in [-0.2, -0.15) is 0 Å². The Morgan fingerprint density at radius 1 is 0.889 bits per heavy atom. The van der Waals surface area contributed by atoms with Crippen LogP contribution in [-0.2, 0) is 9.59 Å². The van der Waals surface area contributed by atoms with Gasteiger partial charge in [0.25, 0.3) is 11.8 Å². The first kappa shape index (κ1) is 18.1. The molecule has 1 saturated heterocycles. The molecule has 0 saturated carbocycles. The first-order chi connectivity index (χ1) is 13.0. The van der Waals surface area contributed by atoms with E-state index in [0.29, 0.717) is 27.0 Å². The van der Waals surface area contributed by atoms with E-state index in [4.69, 9.17) is 23.2 Å². The number of hydrogen-bond donors (Lipinski definition) is 0. The number of benzene rings is 2. The molecule has 4 nitrogen and oxygen atoms in total. The van der Waals surface area contributed by atoms with Gasteiger partial charge in [0.05, 0.1) is 16.3 Å². The standard InChI is InChI=1S/C21H18Cl2N2O2/c1-13-4-6-14(7-5-13)18-19(24-10-2-3-11-24)21(27)25(20(18)26)17-12-15(22)8-9-16(17)23/h4-9,12H,2-3,10-11H2,1H3. The molecule has 1 fully saturated rings. The van der Waals surface area contributed by atoms with E-state index < -0.39 is 0 Å². The highest BCUT2D eigenvalue weighted by Gasteiger charge is 2.43. The minimum atomic E-state index is -0.366. The summed E-state index contributed by atoms with van der Waals surface area (Å²) in [5.41, 5.74) is 3.03. The van der Waals surface area contributed by atoms with E-state index in [1.807, 2.05) is 36.1 Å². The van der Waals surface area contributed by atoms with Crippen LogP contribution in [0.15, 0.2) is 48.2 Å². The largest absolute Gasteiger partial charge is 0.366 e. The first-order valence-electron chi connectivity index (χ1n) is 8.87. The van der Waals surface area contributed by atoms with E-state index in [1.165, 1.54) is 0 Å². The highest BCUT2D eigenvalue weighted by Crippen LogP contribution is 2.39. The number of nitrogens with zero attached hydrogens (tertiary/aromatic N) is 2. The molecule has 0 aliphatic carbocycles. The smallest absolute Gasteiger partial charge is 0.282 e. The lowest BCUT2D eigenvalue weighted by atomic mass is 10.0. The van der Waals surface area contributed by atoms with Gasteiger partial charge in [0.15, 0.2) is 0 Å². The number of carbonyl (C=O) groups excluding carboxylic acids is 2. The predicted octanol–water partition coefficient (Wildman–Crippen LogP) is 4.68. The topological polar surface area (TPSA) is 40.6 Å². The molecule has 138 valence electrons. The van der Waals surface area contributed by atoms with Crippen LogP contribution >= 0.6 is 23.2 Å². The quantitative estimate of drug-likeness (QED) is 0.702. The van der Waals surface area contributed by atoms with Crippen molar-refractivity contribution in [2.45, 2.75) is 19.8 Å². The summed E-state index contributed by atoms with van der Waals surface area (Å²) >= 11 is 12.4. The van der Waals surface area contributed by atoms with Crippen molar-refractivity contribution in [1.82, 2.24) is 4.90 Å². The zero-order valence-electron chi connectivity index (χ0n) is 14.8. The van der Waals surface area contributed by atoms with Gasteiger partial charge in [-0.05, 0) is 43.5 Å². The van der Waals surface area contributed by atoms with Crippen molar-refractivity contribution in [2.75, 3.05) is 18.0 Å². The summed E-state index contributed by atoms with van der Waals surface area (Å²) in [7, 11) is 0. The van der Waals surface area contributed by atoms with Crippen LogP contribution in [0.2, 0.25) is 10.0 Å². The van der Waals surface area contributed by atoms with E-state index in [9.17, 15) is 9.59 Å². The van der Waals surface area contributed by atoms with Crippen molar-refractivity contribution in [3.8, 4) is 0 Å². The Labute approximate surface area is 168 Å². The molecule has 0 spiro atoms. The average Bonchev–Trinajstić information content (AvgIpc) is 3.25. The van der Waals surface area contributed by atoms with Crippen LogP contribution in [0.5, 0.6) is 0 Å². The zero-order valence-corrected chi connectivity index (χ0v) is 16.3. The van der Waals surface area contributed by atoms with Crippen molar-refractivity contribution in [1.29, 1.82) is 0 Å². The summed E-state index contributed by atoms with van der Waals surface area (Å²) in [6.45, 7) is 3.51. The molecular formula is C21H18Cl2N2O2. The second-order valence-corrected chi connectivity index (χ2v) is 7.67.